The average Bonchev–Trinajstić information content (AvgIpc) is 2.91. The average molecular weight is 472 g/mol. The van der Waals surface area contributed by atoms with Crippen LogP contribution in [0, 0.1) is 12.3 Å². The van der Waals surface area contributed by atoms with Crippen molar-refractivity contribution >= 4 is 5.91 Å². The minimum Gasteiger partial charge on any atom is -0.437 e. The quantitative estimate of drug-likeness (QED) is 0.487. The number of para-hydroxylation sites is 1. The molecule has 0 radical (unpaired) electrons. The largest absolute Gasteiger partial charge is 0.437 e. The molecule has 35 heavy (non-hydrogen) atoms. The Morgan fingerprint density at radius 1 is 1.06 bits per heavy atom. The Morgan fingerprint density at radius 2 is 1.80 bits per heavy atom. The Balaban J connectivity index is 1.37. The summed E-state index contributed by atoms with van der Waals surface area (Å²) in [7, 11) is 0. The summed E-state index contributed by atoms with van der Waals surface area (Å²) >= 11 is 0. The van der Waals surface area contributed by atoms with Crippen LogP contribution in [-0.2, 0) is 16.0 Å². The van der Waals surface area contributed by atoms with Crippen LogP contribution in [0.15, 0.2) is 67.0 Å². The third kappa shape index (κ3) is 5.22. The molecule has 6 nitrogen and oxygen atoms in total. The van der Waals surface area contributed by atoms with Crippen molar-refractivity contribution in [3.05, 3.63) is 83.8 Å². The van der Waals surface area contributed by atoms with Gasteiger partial charge in [-0.1, -0.05) is 48.5 Å². The maximum absolute atomic E-state index is 14.1. The van der Waals surface area contributed by atoms with Gasteiger partial charge in [-0.15, -0.1) is 0 Å². The molecule has 0 aliphatic carbocycles. The van der Waals surface area contributed by atoms with Gasteiger partial charge in [0.05, 0.1) is 5.41 Å². The first-order chi connectivity index (χ1) is 17.1. The number of nitrogens with zero attached hydrogens (tertiary/aromatic N) is 3. The van der Waals surface area contributed by atoms with E-state index in [1.165, 1.54) is 5.56 Å². The van der Waals surface area contributed by atoms with Crippen LogP contribution in [0.4, 0.5) is 0 Å². The van der Waals surface area contributed by atoms with E-state index >= 15 is 0 Å². The number of aryl methyl sites for hydroxylation is 1. The van der Waals surface area contributed by atoms with Crippen molar-refractivity contribution in [2.24, 2.45) is 5.41 Å². The molecule has 0 spiro atoms. The zero-order chi connectivity index (χ0) is 24.1. The van der Waals surface area contributed by atoms with Crippen LogP contribution in [0.3, 0.4) is 0 Å². The molecule has 0 bridgehead atoms. The summed E-state index contributed by atoms with van der Waals surface area (Å²) in [4.78, 5) is 25.3. The Hall–Kier alpha value is -3.25. The molecule has 0 N–H and O–H groups in total. The lowest BCUT2D eigenvalue weighted by Gasteiger charge is -2.42. The number of carbonyl (C=O) groups excluding carboxylic acids is 1. The zero-order valence-corrected chi connectivity index (χ0v) is 20.4. The molecule has 0 saturated carbocycles. The number of likely N-dealkylation sites (tertiary alicyclic amines) is 1. The maximum atomic E-state index is 14.1. The number of benzene rings is 2. The van der Waals surface area contributed by atoms with E-state index in [1.807, 2.05) is 49.4 Å². The van der Waals surface area contributed by atoms with Crippen molar-refractivity contribution in [1.29, 1.82) is 0 Å². The van der Waals surface area contributed by atoms with Crippen molar-refractivity contribution in [2.75, 3.05) is 26.3 Å². The predicted octanol–water partition coefficient (Wildman–Crippen LogP) is 5.32. The molecule has 3 heterocycles. The minimum atomic E-state index is -0.412. The summed E-state index contributed by atoms with van der Waals surface area (Å²) in [6.07, 6.45) is 7.55. The number of amides is 1. The minimum absolute atomic E-state index is 0.0917. The third-order valence-corrected chi connectivity index (χ3v) is 7.38. The van der Waals surface area contributed by atoms with Crippen LogP contribution in [-0.4, -0.2) is 47.1 Å². The Kier molecular flexibility index (Phi) is 7.09. The van der Waals surface area contributed by atoms with Crippen LogP contribution in [0.2, 0.25) is 0 Å². The first kappa shape index (κ1) is 23.5. The SMILES string of the molecule is Cc1ccccc1Oc1nccnc1[C@H]1CCCN(C(=O)C2(Cc3ccccc3)CCOCC2)C1. The number of piperidine rings is 1. The van der Waals surface area contributed by atoms with Crippen LogP contribution >= 0.6 is 0 Å². The smallest absolute Gasteiger partial charge is 0.241 e. The summed E-state index contributed by atoms with van der Waals surface area (Å²) < 4.78 is 11.9. The summed E-state index contributed by atoms with van der Waals surface area (Å²) in [6.45, 7) is 4.70. The molecule has 2 aliphatic rings. The lowest BCUT2D eigenvalue weighted by Crippen LogP contribution is -2.51. The third-order valence-electron chi connectivity index (χ3n) is 7.38. The highest BCUT2D eigenvalue weighted by Crippen LogP contribution is 2.39. The molecular formula is C29H33N3O3. The van der Waals surface area contributed by atoms with Gasteiger partial charge in [-0.25, -0.2) is 4.98 Å². The fourth-order valence-electron chi connectivity index (χ4n) is 5.40. The molecule has 1 amide bonds. The second-order valence-corrected chi connectivity index (χ2v) is 9.76. The van der Waals surface area contributed by atoms with E-state index in [-0.39, 0.29) is 11.8 Å². The Morgan fingerprint density at radius 3 is 2.60 bits per heavy atom. The molecule has 1 atom stereocenters. The van der Waals surface area contributed by atoms with Gasteiger partial charge in [0.15, 0.2) is 0 Å². The topological polar surface area (TPSA) is 64.6 Å². The number of aromatic nitrogens is 2. The highest BCUT2D eigenvalue weighted by Gasteiger charge is 2.44. The van der Waals surface area contributed by atoms with Crippen molar-refractivity contribution in [3.63, 3.8) is 0 Å². The first-order valence-corrected chi connectivity index (χ1v) is 12.6. The van der Waals surface area contributed by atoms with E-state index in [1.54, 1.807) is 12.4 Å². The van der Waals surface area contributed by atoms with Crippen LogP contribution in [0.25, 0.3) is 0 Å². The molecule has 5 rings (SSSR count). The first-order valence-electron chi connectivity index (χ1n) is 12.6. The molecule has 0 unspecified atom stereocenters. The second kappa shape index (κ2) is 10.6. The molecule has 2 saturated heterocycles. The van der Waals surface area contributed by atoms with Crippen molar-refractivity contribution in [3.8, 4) is 11.6 Å². The Labute approximate surface area is 207 Å². The fraction of sp³-hybridized carbons (Fsp3) is 0.414. The summed E-state index contributed by atoms with van der Waals surface area (Å²) in [6, 6.07) is 18.3. The van der Waals surface area contributed by atoms with Gasteiger partial charge in [-0.05, 0) is 56.2 Å². The van der Waals surface area contributed by atoms with Gasteiger partial charge in [0.2, 0.25) is 11.8 Å². The molecule has 2 aromatic carbocycles. The van der Waals surface area contributed by atoms with Gasteiger partial charge in [0, 0.05) is 44.6 Å². The normalized spacial score (nSPS) is 19.8. The summed E-state index contributed by atoms with van der Waals surface area (Å²) in [5.41, 5.74) is 2.67. The van der Waals surface area contributed by atoms with Crippen molar-refractivity contribution in [1.82, 2.24) is 14.9 Å². The highest BCUT2D eigenvalue weighted by atomic mass is 16.5. The van der Waals surface area contributed by atoms with Crippen molar-refractivity contribution in [2.45, 2.75) is 44.9 Å². The molecule has 3 aromatic rings. The summed E-state index contributed by atoms with van der Waals surface area (Å²) in [5.74, 6) is 1.65. The number of hydrogen-bond donors (Lipinski definition) is 0. The molecular weight excluding hydrogens is 438 g/mol. The standard InChI is InChI=1S/C29H33N3O3/c1-22-8-5-6-12-25(22)35-27-26(30-15-16-31-27)24-11-7-17-32(21-24)28(33)29(13-18-34-19-14-29)20-23-9-3-2-4-10-23/h2-6,8-10,12,15-16,24H,7,11,13-14,17-21H2,1H3/t24-/m0/s1. The van der Waals surface area contributed by atoms with E-state index in [0.29, 0.717) is 25.6 Å². The lowest BCUT2D eigenvalue weighted by atomic mass is 9.73. The van der Waals surface area contributed by atoms with Crippen LogP contribution in [0.1, 0.15) is 48.4 Å². The van der Waals surface area contributed by atoms with E-state index in [9.17, 15) is 4.79 Å². The summed E-state index contributed by atoms with van der Waals surface area (Å²) in [5, 5.41) is 0. The second-order valence-electron chi connectivity index (χ2n) is 9.76. The predicted molar refractivity (Wildman–Crippen MR) is 134 cm³/mol. The van der Waals surface area contributed by atoms with E-state index < -0.39 is 5.41 Å². The van der Waals surface area contributed by atoms with Gasteiger partial charge in [0.25, 0.3) is 0 Å². The highest BCUT2D eigenvalue weighted by molar-refractivity contribution is 5.83. The van der Waals surface area contributed by atoms with E-state index in [0.717, 1.165) is 55.7 Å². The monoisotopic (exact) mass is 471 g/mol. The number of carbonyl (C=O) groups is 1. The van der Waals surface area contributed by atoms with Crippen molar-refractivity contribution < 1.29 is 14.3 Å². The fourth-order valence-corrected chi connectivity index (χ4v) is 5.40. The van der Waals surface area contributed by atoms with Crippen LogP contribution in [0.5, 0.6) is 11.6 Å². The molecule has 182 valence electrons. The lowest BCUT2D eigenvalue weighted by molar-refractivity contribution is -0.149. The van der Waals surface area contributed by atoms with E-state index in [4.69, 9.17) is 9.47 Å². The molecule has 1 aromatic heterocycles. The van der Waals surface area contributed by atoms with Gasteiger partial charge in [-0.3, -0.25) is 9.78 Å². The van der Waals surface area contributed by atoms with Crippen LogP contribution < -0.4 is 4.74 Å². The van der Waals surface area contributed by atoms with E-state index in [2.05, 4.69) is 27.0 Å². The number of hydrogen-bond acceptors (Lipinski definition) is 5. The zero-order valence-electron chi connectivity index (χ0n) is 20.4. The number of ether oxygens (including phenoxy) is 2. The van der Waals surface area contributed by atoms with Gasteiger partial charge in [0.1, 0.15) is 11.4 Å². The molecule has 2 fully saturated rings. The Bertz CT molecular complexity index is 1140. The molecule has 6 heteroatoms. The van der Waals surface area contributed by atoms with Gasteiger partial charge >= 0.3 is 0 Å². The molecule has 2 aliphatic heterocycles. The van der Waals surface area contributed by atoms with Gasteiger partial charge < -0.3 is 14.4 Å². The number of rotatable bonds is 6. The maximum Gasteiger partial charge on any atom is 0.241 e. The van der Waals surface area contributed by atoms with Gasteiger partial charge in [-0.2, -0.15) is 0 Å².